The maximum atomic E-state index is 12.4. The van der Waals surface area contributed by atoms with Gasteiger partial charge < -0.3 is 14.6 Å². The molecule has 2 aromatic carbocycles. The van der Waals surface area contributed by atoms with Crippen molar-refractivity contribution in [1.29, 1.82) is 5.26 Å². The predicted octanol–water partition coefficient (Wildman–Crippen LogP) is 5.68. The van der Waals surface area contributed by atoms with Crippen LogP contribution in [0.25, 0.3) is 22.2 Å². The van der Waals surface area contributed by atoms with Crippen molar-refractivity contribution < 1.29 is 9.53 Å². The summed E-state index contributed by atoms with van der Waals surface area (Å²) in [4.78, 5) is 22.3. The third kappa shape index (κ3) is 4.24. The molecule has 4 rings (SSSR count). The Hall–Kier alpha value is -3.04. The quantitative estimate of drug-likeness (QED) is 0.560. The highest BCUT2D eigenvalue weighted by Gasteiger charge is 2.41. The molecule has 2 heterocycles. The highest BCUT2D eigenvalue weighted by molar-refractivity contribution is 6.31. The molecule has 6 nitrogen and oxygen atoms in total. The Morgan fingerprint density at radius 1 is 1.23 bits per heavy atom. The summed E-state index contributed by atoms with van der Waals surface area (Å²) in [6.45, 7) is 6.41. The molecule has 0 saturated carbocycles. The number of benzene rings is 2. The number of fused-ring (bicyclic) bond motifs is 1. The Morgan fingerprint density at radius 3 is 2.52 bits per heavy atom. The molecule has 31 heavy (non-hydrogen) atoms. The number of H-pyrrole nitrogens is 1. The van der Waals surface area contributed by atoms with Crippen molar-refractivity contribution in [1.82, 2.24) is 14.9 Å². The topological polar surface area (TPSA) is 82.0 Å². The van der Waals surface area contributed by atoms with Gasteiger partial charge in [-0.2, -0.15) is 5.26 Å². The fraction of sp³-hybridized carbons (Fsp3) is 0.375. The molecule has 0 bridgehead atoms. The van der Waals surface area contributed by atoms with E-state index < -0.39 is 11.0 Å². The van der Waals surface area contributed by atoms with Gasteiger partial charge in [-0.25, -0.2) is 9.78 Å². The summed E-state index contributed by atoms with van der Waals surface area (Å²) in [6.07, 6.45) is 0.621. The van der Waals surface area contributed by atoms with Gasteiger partial charge in [-0.3, -0.25) is 0 Å². The SMILES string of the molecule is CC(C)(C)OC(=O)N1CCC(C#N)(c2nc3c(-c4ccccc4)cc(Cl)cc3[nH]2)CC1. The molecule has 0 spiro atoms. The number of carbonyl (C=O) groups is 1. The zero-order chi connectivity index (χ0) is 22.2. The minimum Gasteiger partial charge on any atom is -0.444 e. The number of carbonyl (C=O) groups excluding carboxylic acids is 1. The van der Waals surface area contributed by atoms with Crippen LogP contribution in [0.2, 0.25) is 5.02 Å². The normalized spacial score (nSPS) is 16.2. The average Bonchev–Trinajstić information content (AvgIpc) is 3.17. The number of piperidine rings is 1. The van der Waals surface area contributed by atoms with Gasteiger partial charge in [0, 0.05) is 23.7 Å². The summed E-state index contributed by atoms with van der Waals surface area (Å²) in [6, 6.07) is 16.1. The van der Waals surface area contributed by atoms with Crippen molar-refractivity contribution in [3.05, 3.63) is 53.3 Å². The molecule has 0 radical (unpaired) electrons. The molecular formula is C24H25ClN4O2. The summed E-state index contributed by atoms with van der Waals surface area (Å²) >= 11 is 6.37. The number of nitrogens with one attached hydrogen (secondary N) is 1. The van der Waals surface area contributed by atoms with Crippen molar-refractivity contribution in [2.24, 2.45) is 0 Å². The fourth-order valence-electron chi connectivity index (χ4n) is 3.95. The first-order valence-corrected chi connectivity index (χ1v) is 10.7. The van der Waals surface area contributed by atoms with Gasteiger partial charge in [-0.15, -0.1) is 0 Å². The molecule has 7 heteroatoms. The van der Waals surface area contributed by atoms with Crippen LogP contribution in [-0.2, 0) is 10.2 Å². The lowest BCUT2D eigenvalue weighted by Crippen LogP contribution is -2.46. The zero-order valence-corrected chi connectivity index (χ0v) is 18.7. The Bertz CT molecular complexity index is 1150. The van der Waals surface area contributed by atoms with Crippen molar-refractivity contribution in [2.75, 3.05) is 13.1 Å². The van der Waals surface area contributed by atoms with Gasteiger partial charge in [-0.05, 0) is 51.3 Å². The van der Waals surface area contributed by atoms with E-state index in [4.69, 9.17) is 21.3 Å². The van der Waals surface area contributed by atoms with Crippen LogP contribution in [0.1, 0.15) is 39.4 Å². The highest BCUT2D eigenvalue weighted by Crippen LogP contribution is 2.37. The van der Waals surface area contributed by atoms with E-state index in [1.54, 1.807) is 4.90 Å². The number of nitrogens with zero attached hydrogens (tertiary/aromatic N) is 3. The number of ether oxygens (including phenoxy) is 1. The third-order valence-corrected chi connectivity index (χ3v) is 5.79. The van der Waals surface area contributed by atoms with Gasteiger partial charge in [-0.1, -0.05) is 41.9 Å². The molecule has 1 aromatic heterocycles. The van der Waals surface area contributed by atoms with Crippen LogP contribution in [0.15, 0.2) is 42.5 Å². The number of rotatable bonds is 2. The lowest BCUT2D eigenvalue weighted by atomic mass is 9.79. The monoisotopic (exact) mass is 436 g/mol. The van der Waals surface area contributed by atoms with Gasteiger partial charge in [0.1, 0.15) is 16.8 Å². The summed E-state index contributed by atoms with van der Waals surface area (Å²) in [5, 5.41) is 10.7. The zero-order valence-electron chi connectivity index (χ0n) is 17.9. The summed E-state index contributed by atoms with van der Waals surface area (Å²) in [5.41, 5.74) is 2.18. The van der Waals surface area contributed by atoms with Crippen LogP contribution in [0.3, 0.4) is 0 Å². The summed E-state index contributed by atoms with van der Waals surface area (Å²) in [7, 11) is 0. The number of amides is 1. The lowest BCUT2D eigenvalue weighted by Gasteiger charge is -2.36. The molecule has 1 amide bonds. The number of nitriles is 1. The molecule has 1 aliphatic heterocycles. The minimum absolute atomic E-state index is 0.346. The molecule has 1 aliphatic rings. The number of hydrogen-bond donors (Lipinski definition) is 1. The molecule has 3 aromatic rings. The largest absolute Gasteiger partial charge is 0.444 e. The van der Waals surface area contributed by atoms with Crippen LogP contribution in [0, 0.1) is 11.3 Å². The predicted molar refractivity (Wildman–Crippen MR) is 121 cm³/mol. The van der Waals surface area contributed by atoms with E-state index in [1.807, 2.05) is 63.2 Å². The van der Waals surface area contributed by atoms with Crippen LogP contribution in [0.4, 0.5) is 4.79 Å². The van der Waals surface area contributed by atoms with E-state index in [1.165, 1.54) is 0 Å². The Balaban J connectivity index is 1.65. The molecular weight excluding hydrogens is 412 g/mol. The van der Waals surface area contributed by atoms with Gasteiger partial charge in [0.25, 0.3) is 0 Å². The van der Waals surface area contributed by atoms with Gasteiger partial charge >= 0.3 is 6.09 Å². The minimum atomic E-state index is -0.794. The first kappa shape index (κ1) is 21.2. The third-order valence-electron chi connectivity index (χ3n) is 5.57. The maximum absolute atomic E-state index is 12.4. The molecule has 1 fully saturated rings. The van der Waals surface area contributed by atoms with Crippen LogP contribution >= 0.6 is 11.6 Å². The number of imidazole rings is 1. The lowest BCUT2D eigenvalue weighted by molar-refractivity contribution is 0.0182. The summed E-state index contributed by atoms with van der Waals surface area (Å²) < 4.78 is 5.48. The van der Waals surface area contributed by atoms with E-state index in [9.17, 15) is 10.1 Å². The first-order chi connectivity index (χ1) is 14.7. The average molecular weight is 437 g/mol. The number of likely N-dealkylation sites (tertiary alicyclic amines) is 1. The number of aromatic amines is 1. The molecule has 1 N–H and O–H groups in total. The van der Waals surface area contributed by atoms with Crippen LogP contribution in [0.5, 0.6) is 0 Å². The number of aromatic nitrogens is 2. The van der Waals surface area contributed by atoms with Gasteiger partial charge in [0.05, 0.1) is 17.1 Å². The highest BCUT2D eigenvalue weighted by atomic mass is 35.5. The van der Waals surface area contributed by atoms with E-state index in [0.717, 1.165) is 22.2 Å². The molecule has 160 valence electrons. The van der Waals surface area contributed by atoms with E-state index in [-0.39, 0.29) is 6.09 Å². The second kappa shape index (κ2) is 7.90. The van der Waals surface area contributed by atoms with Crippen molar-refractivity contribution in [3.63, 3.8) is 0 Å². The molecule has 0 unspecified atom stereocenters. The Morgan fingerprint density at radius 2 is 1.90 bits per heavy atom. The standard InChI is InChI=1S/C24H25ClN4O2/c1-23(2,3)31-22(30)29-11-9-24(15-26,10-12-29)21-27-19-14-17(25)13-18(20(19)28-21)16-7-5-4-6-8-16/h4-8,13-14H,9-12H2,1-3H3,(H,27,28). The Labute approximate surface area is 186 Å². The maximum Gasteiger partial charge on any atom is 0.410 e. The summed E-state index contributed by atoms with van der Waals surface area (Å²) in [5.74, 6) is 0.619. The number of hydrogen-bond acceptors (Lipinski definition) is 4. The Kier molecular flexibility index (Phi) is 5.40. The van der Waals surface area contributed by atoms with Crippen molar-refractivity contribution in [3.8, 4) is 17.2 Å². The van der Waals surface area contributed by atoms with Crippen molar-refractivity contribution in [2.45, 2.75) is 44.6 Å². The molecule has 1 saturated heterocycles. The van der Waals surface area contributed by atoms with Gasteiger partial charge in [0.2, 0.25) is 0 Å². The van der Waals surface area contributed by atoms with E-state index in [2.05, 4.69) is 11.1 Å². The fourth-order valence-corrected chi connectivity index (χ4v) is 4.16. The smallest absolute Gasteiger partial charge is 0.410 e. The second-order valence-corrected chi connectivity index (χ2v) is 9.40. The molecule has 0 aliphatic carbocycles. The first-order valence-electron chi connectivity index (χ1n) is 10.4. The second-order valence-electron chi connectivity index (χ2n) is 8.96. The molecule has 0 atom stereocenters. The van der Waals surface area contributed by atoms with Gasteiger partial charge in [0.15, 0.2) is 0 Å². The number of halogens is 1. The van der Waals surface area contributed by atoms with Crippen LogP contribution in [-0.4, -0.2) is 39.7 Å². The van der Waals surface area contributed by atoms with E-state index in [0.29, 0.717) is 36.8 Å². The van der Waals surface area contributed by atoms with Crippen LogP contribution < -0.4 is 0 Å². The van der Waals surface area contributed by atoms with E-state index >= 15 is 0 Å². The van der Waals surface area contributed by atoms with Crippen molar-refractivity contribution >= 4 is 28.7 Å².